The van der Waals surface area contributed by atoms with Gasteiger partial charge in [0.2, 0.25) is 0 Å². The number of carbonyl (C=O) groups is 4. The maximum absolute atomic E-state index is 12.3. The molecule has 1 rings (SSSR count). The summed E-state index contributed by atoms with van der Waals surface area (Å²) in [7, 11) is 1.33. The van der Waals surface area contributed by atoms with Gasteiger partial charge in [0.05, 0.1) is 10.6 Å². The number of urea groups is 1. The molecule has 0 aliphatic heterocycles. The summed E-state index contributed by atoms with van der Waals surface area (Å²) in [5.41, 5.74) is 0.145. The number of rotatable bonds is 6. The fourth-order valence-electron chi connectivity index (χ4n) is 1.84. The lowest BCUT2D eigenvalue weighted by atomic mass is 10.0. The Bertz CT molecular complexity index is 709. The Morgan fingerprint density at radius 1 is 1.15 bits per heavy atom. The summed E-state index contributed by atoms with van der Waals surface area (Å²) in [6.45, 7) is 2.73. The van der Waals surface area contributed by atoms with Crippen LogP contribution in [-0.4, -0.2) is 43.5 Å². The van der Waals surface area contributed by atoms with Crippen molar-refractivity contribution >= 4 is 47.0 Å². The number of halogens is 2. The molecule has 0 radical (unpaired) electrons. The Morgan fingerprint density at radius 3 is 2.35 bits per heavy atom. The van der Waals surface area contributed by atoms with Crippen LogP contribution in [-0.2, 0) is 14.3 Å². The minimum atomic E-state index is -1.01. The van der Waals surface area contributed by atoms with Gasteiger partial charge in [0, 0.05) is 12.1 Å². The molecule has 0 aliphatic carbocycles. The lowest BCUT2D eigenvalue weighted by Gasteiger charge is -2.21. The molecule has 0 aromatic heterocycles. The van der Waals surface area contributed by atoms with Gasteiger partial charge in [-0.05, 0) is 24.1 Å². The van der Waals surface area contributed by atoms with Crippen molar-refractivity contribution in [3.8, 4) is 0 Å². The molecule has 3 N–H and O–H groups in total. The second-order valence-corrected chi connectivity index (χ2v) is 6.40. The minimum absolute atomic E-state index is 0.135. The van der Waals surface area contributed by atoms with Crippen LogP contribution in [0.2, 0.25) is 10.0 Å². The molecule has 142 valence electrons. The largest absolute Gasteiger partial charge is 0.454 e. The number of ether oxygens (including phenoxy) is 1. The average molecular weight is 404 g/mol. The van der Waals surface area contributed by atoms with Crippen LogP contribution < -0.4 is 16.0 Å². The highest BCUT2D eigenvalue weighted by atomic mass is 35.5. The highest BCUT2D eigenvalue weighted by Crippen LogP contribution is 2.21. The van der Waals surface area contributed by atoms with Gasteiger partial charge in [0.15, 0.2) is 6.61 Å². The van der Waals surface area contributed by atoms with E-state index in [-0.39, 0.29) is 16.5 Å². The van der Waals surface area contributed by atoms with E-state index < -0.39 is 36.5 Å². The fourth-order valence-corrected chi connectivity index (χ4v) is 2.34. The second kappa shape index (κ2) is 9.98. The Kier molecular flexibility index (Phi) is 8.34. The third-order valence-corrected chi connectivity index (χ3v) is 3.76. The Labute approximate surface area is 160 Å². The molecule has 10 heteroatoms. The van der Waals surface area contributed by atoms with Crippen LogP contribution in [0.5, 0.6) is 0 Å². The summed E-state index contributed by atoms with van der Waals surface area (Å²) in [4.78, 5) is 47.0. The van der Waals surface area contributed by atoms with E-state index >= 15 is 0 Å². The molecule has 8 nitrogen and oxygen atoms in total. The van der Waals surface area contributed by atoms with Crippen LogP contribution >= 0.6 is 23.2 Å². The first kappa shape index (κ1) is 21.7. The molecule has 0 bridgehead atoms. The first-order chi connectivity index (χ1) is 12.1. The third-order valence-electron chi connectivity index (χ3n) is 3.21. The topological polar surface area (TPSA) is 114 Å². The summed E-state index contributed by atoms with van der Waals surface area (Å²) >= 11 is 11.8. The van der Waals surface area contributed by atoms with Gasteiger partial charge in [-0.15, -0.1) is 0 Å². The number of hydrogen-bond acceptors (Lipinski definition) is 5. The fraction of sp³-hybridized carbons (Fsp3) is 0.375. The van der Waals surface area contributed by atoms with Gasteiger partial charge in [-0.3, -0.25) is 14.9 Å². The van der Waals surface area contributed by atoms with Crippen LogP contribution in [0.15, 0.2) is 18.2 Å². The number of carbonyl (C=O) groups excluding carboxylic acids is 4. The van der Waals surface area contributed by atoms with Crippen LogP contribution in [0.1, 0.15) is 24.2 Å². The van der Waals surface area contributed by atoms with Crippen molar-refractivity contribution < 1.29 is 23.9 Å². The third kappa shape index (κ3) is 6.53. The summed E-state index contributed by atoms with van der Waals surface area (Å²) in [5, 5.41) is 7.16. The molecule has 0 aliphatic rings. The van der Waals surface area contributed by atoms with E-state index in [1.54, 1.807) is 13.8 Å². The predicted molar refractivity (Wildman–Crippen MR) is 96.1 cm³/mol. The van der Waals surface area contributed by atoms with Crippen molar-refractivity contribution in [2.45, 2.75) is 19.9 Å². The molecule has 1 atom stereocenters. The maximum atomic E-state index is 12.3. The van der Waals surface area contributed by atoms with Crippen molar-refractivity contribution in [3.05, 3.63) is 33.8 Å². The quantitative estimate of drug-likeness (QED) is 0.626. The Morgan fingerprint density at radius 2 is 1.81 bits per heavy atom. The molecule has 0 fully saturated rings. The molecular formula is C16H19Cl2N3O5. The number of nitrogens with one attached hydrogen (secondary N) is 3. The van der Waals surface area contributed by atoms with Crippen molar-refractivity contribution in [3.63, 3.8) is 0 Å². The number of benzene rings is 1. The minimum Gasteiger partial charge on any atom is -0.454 e. The maximum Gasteiger partial charge on any atom is 0.329 e. The summed E-state index contributed by atoms with van der Waals surface area (Å²) in [6.07, 6.45) is 0. The van der Waals surface area contributed by atoms with Crippen LogP contribution in [0.4, 0.5) is 4.79 Å². The Balaban J connectivity index is 2.73. The predicted octanol–water partition coefficient (Wildman–Crippen LogP) is 1.75. The number of esters is 1. The van der Waals surface area contributed by atoms with Gasteiger partial charge in [0.1, 0.15) is 6.04 Å². The van der Waals surface area contributed by atoms with Gasteiger partial charge < -0.3 is 15.4 Å². The molecule has 0 heterocycles. The van der Waals surface area contributed by atoms with E-state index in [2.05, 4.69) is 10.6 Å². The number of imide groups is 1. The smallest absolute Gasteiger partial charge is 0.329 e. The molecule has 4 amide bonds. The van der Waals surface area contributed by atoms with E-state index in [9.17, 15) is 19.2 Å². The number of amides is 4. The van der Waals surface area contributed by atoms with E-state index in [4.69, 9.17) is 27.9 Å². The highest BCUT2D eigenvalue weighted by Gasteiger charge is 2.27. The van der Waals surface area contributed by atoms with Gasteiger partial charge in [-0.1, -0.05) is 37.0 Å². The van der Waals surface area contributed by atoms with E-state index in [1.165, 1.54) is 25.2 Å². The molecule has 1 aromatic carbocycles. The summed E-state index contributed by atoms with van der Waals surface area (Å²) in [6, 6.07) is 2.59. The zero-order chi connectivity index (χ0) is 19.9. The molecule has 26 heavy (non-hydrogen) atoms. The normalized spacial score (nSPS) is 11.5. The second-order valence-electron chi connectivity index (χ2n) is 5.55. The zero-order valence-electron chi connectivity index (χ0n) is 14.4. The van der Waals surface area contributed by atoms with Gasteiger partial charge in [-0.2, -0.15) is 0 Å². The number of hydrogen-bond donors (Lipinski definition) is 3. The van der Waals surface area contributed by atoms with E-state index in [1.807, 2.05) is 5.32 Å². The molecule has 0 unspecified atom stereocenters. The monoisotopic (exact) mass is 403 g/mol. The highest BCUT2D eigenvalue weighted by molar-refractivity contribution is 6.36. The van der Waals surface area contributed by atoms with Crippen molar-refractivity contribution in [1.29, 1.82) is 0 Å². The Hall–Kier alpha value is -2.32. The SMILES string of the molecule is CNC(=O)NC(=O)COC(=O)[C@@H](NC(=O)c1ccc(Cl)cc1Cl)C(C)C. The lowest BCUT2D eigenvalue weighted by molar-refractivity contribution is -0.151. The summed E-state index contributed by atoms with van der Waals surface area (Å²) in [5.74, 6) is -2.52. The molecule has 0 saturated carbocycles. The van der Waals surface area contributed by atoms with Crippen molar-refractivity contribution in [1.82, 2.24) is 16.0 Å². The summed E-state index contributed by atoms with van der Waals surface area (Å²) < 4.78 is 4.86. The first-order valence-corrected chi connectivity index (χ1v) is 8.35. The van der Waals surface area contributed by atoms with Crippen molar-refractivity contribution in [2.24, 2.45) is 5.92 Å². The van der Waals surface area contributed by atoms with Crippen LogP contribution in [0.3, 0.4) is 0 Å². The van der Waals surface area contributed by atoms with Crippen LogP contribution in [0.25, 0.3) is 0 Å². The van der Waals surface area contributed by atoms with Gasteiger partial charge in [-0.25, -0.2) is 9.59 Å². The molecule has 0 spiro atoms. The van der Waals surface area contributed by atoms with Crippen LogP contribution in [0, 0.1) is 5.92 Å². The molecule has 1 aromatic rings. The standard InChI is InChI=1S/C16H19Cl2N3O5/c1-8(2)13(15(24)26-7-12(22)20-16(25)19-3)21-14(23)10-5-4-9(17)6-11(10)18/h4-6,8,13H,7H2,1-3H3,(H,21,23)(H2,19,20,22,25)/t13-/m0/s1. The molecule has 0 saturated heterocycles. The lowest BCUT2D eigenvalue weighted by Crippen LogP contribution is -2.46. The molecular weight excluding hydrogens is 385 g/mol. The van der Waals surface area contributed by atoms with Gasteiger partial charge >= 0.3 is 12.0 Å². The van der Waals surface area contributed by atoms with E-state index in [0.29, 0.717) is 5.02 Å². The van der Waals surface area contributed by atoms with Gasteiger partial charge in [0.25, 0.3) is 11.8 Å². The average Bonchev–Trinajstić information content (AvgIpc) is 2.56. The van der Waals surface area contributed by atoms with Crippen molar-refractivity contribution in [2.75, 3.05) is 13.7 Å². The first-order valence-electron chi connectivity index (χ1n) is 7.59. The zero-order valence-corrected chi connectivity index (χ0v) is 15.9. The van der Waals surface area contributed by atoms with E-state index in [0.717, 1.165) is 0 Å².